The molecule has 2 aliphatic rings. The lowest BCUT2D eigenvalue weighted by molar-refractivity contribution is -0.0534. The van der Waals surface area contributed by atoms with Gasteiger partial charge in [-0.15, -0.1) is 0 Å². The van der Waals surface area contributed by atoms with E-state index in [-0.39, 0.29) is 34.1 Å². The molecule has 22 heteroatoms. The second kappa shape index (κ2) is 10.8. The van der Waals surface area contributed by atoms with Crippen LogP contribution in [0.3, 0.4) is 0 Å². The summed E-state index contributed by atoms with van der Waals surface area (Å²) < 4.78 is 52.9. The van der Waals surface area contributed by atoms with Crippen molar-refractivity contribution < 1.29 is 42.8 Å². The third kappa shape index (κ3) is 4.91. The maximum atomic E-state index is 15.1. The molecule has 2 aliphatic heterocycles. The van der Waals surface area contributed by atoms with Crippen LogP contribution in [0.15, 0.2) is 23.8 Å². The van der Waals surface area contributed by atoms with E-state index in [2.05, 4.69) is 42.2 Å². The van der Waals surface area contributed by atoms with Crippen molar-refractivity contribution in [3.05, 3.63) is 29.3 Å². The number of rotatable bonds is 8. The van der Waals surface area contributed by atoms with Gasteiger partial charge in [0.1, 0.15) is 42.4 Å². The Morgan fingerprint density at radius 3 is 2.48 bits per heavy atom. The van der Waals surface area contributed by atoms with E-state index in [0.717, 1.165) is 12.7 Å². The van der Waals surface area contributed by atoms with E-state index in [0.29, 0.717) is 0 Å². The van der Waals surface area contributed by atoms with Crippen LogP contribution < -0.4 is 17.0 Å². The highest BCUT2D eigenvalue weighted by Gasteiger charge is 2.50. The maximum Gasteiger partial charge on any atom is 0.386 e. The number of nitrogens with one attached hydrogen (secondary N) is 1. The van der Waals surface area contributed by atoms with Gasteiger partial charge in [0.25, 0.3) is 5.56 Å². The molecular formula is C20H24FN10O9PS. The summed E-state index contributed by atoms with van der Waals surface area (Å²) in [6.45, 7) is -5.71. The smallest absolute Gasteiger partial charge is 0.386 e. The van der Waals surface area contributed by atoms with Gasteiger partial charge >= 0.3 is 6.80 Å². The van der Waals surface area contributed by atoms with Gasteiger partial charge in [-0.3, -0.25) is 28.0 Å². The predicted octanol–water partition coefficient (Wildman–Crippen LogP) is -1.59. The zero-order valence-corrected chi connectivity index (χ0v) is 22.9. The first-order valence-corrected chi connectivity index (χ1v) is 14.9. The van der Waals surface area contributed by atoms with Crippen LogP contribution in [0.1, 0.15) is 12.5 Å². The predicted molar refractivity (Wildman–Crippen MR) is 142 cm³/mol. The molecule has 0 spiro atoms. The highest BCUT2D eigenvalue weighted by molar-refractivity contribution is 8.44. The average molecular weight is 631 g/mol. The van der Waals surface area contributed by atoms with E-state index in [1.807, 2.05) is 0 Å². The lowest BCUT2D eigenvalue weighted by Crippen LogP contribution is -2.35. The first kappa shape index (κ1) is 28.8. The van der Waals surface area contributed by atoms with Crippen LogP contribution >= 0.6 is 19.0 Å². The van der Waals surface area contributed by atoms with E-state index in [1.165, 1.54) is 15.5 Å². The number of nitrogens with two attached hydrogens (primary N) is 2. The van der Waals surface area contributed by atoms with Crippen molar-refractivity contribution in [2.75, 3.05) is 24.7 Å². The van der Waals surface area contributed by atoms with Gasteiger partial charge in [-0.2, -0.15) is 4.98 Å². The minimum absolute atomic E-state index is 0.0443. The second-order valence-electron chi connectivity index (χ2n) is 9.43. The summed E-state index contributed by atoms with van der Waals surface area (Å²) >= 11 is 3.96. The molecule has 0 aliphatic carbocycles. The average Bonchev–Trinajstić information content (AvgIpc) is 3.69. The molecule has 6 heterocycles. The van der Waals surface area contributed by atoms with Crippen LogP contribution in [-0.4, -0.2) is 104 Å². The van der Waals surface area contributed by atoms with Gasteiger partial charge in [-0.25, -0.2) is 28.9 Å². The number of fused-ring (bicyclic) bond motifs is 2. The number of alkyl halides is 1. The van der Waals surface area contributed by atoms with Crippen LogP contribution in [0, 0.1) is 0 Å². The highest BCUT2D eigenvalue weighted by atomic mass is 32.7. The van der Waals surface area contributed by atoms with Crippen molar-refractivity contribution in [3.63, 3.8) is 0 Å². The summed E-state index contributed by atoms with van der Waals surface area (Å²) in [7, 11) is 0. The minimum Gasteiger partial charge on any atom is -0.394 e. The fourth-order valence-corrected chi connectivity index (χ4v) is 6.27. The number of aliphatic hydroxyl groups is 3. The highest BCUT2D eigenvalue weighted by Crippen LogP contribution is 2.57. The Morgan fingerprint density at radius 2 is 1.74 bits per heavy atom. The monoisotopic (exact) mass is 630 g/mol. The fourth-order valence-electron chi connectivity index (χ4n) is 4.81. The van der Waals surface area contributed by atoms with E-state index < -0.39 is 74.7 Å². The zero-order valence-electron chi connectivity index (χ0n) is 21.1. The lowest BCUT2D eigenvalue weighted by atomic mass is 10.1. The summed E-state index contributed by atoms with van der Waals surface area (Å²) in [5.41, 5.74) is 11.0. The molecule has 0 bridgehead atoms. The molecular weight excluding hydrogens is 606 g/mol. The van der Waals surface area contributed by atoms with Gasteiger partial charge in [-0.05, 0) is 0 Å². The van der Waals surface area contributed by atoms with Crippen LogP contribution in [0.2, 0.25) is 0 Å². The Bertz CT molecular complexity index is 1740. The Hall–Kier alpha value is -3.27. The molecule has 42 heavy (non-hydrogen) atoms. The van der Waals surface area contributed by atoms with Crippen molar-refractivity contribution in [2.45, 2.75) is 49.1 Å². The van der Waals surface area contributed by atoms with Gasteiger partial charge < -0.3 is 36.3 Å². The number of anilines is 2. The van der Waals surface area contributed by atoms with Crippen LogP contribution in [0.25, 0.3) is 22.3 Å². The van der Waals surface area contributed by atoms with E-state index in [1.54, 1.807) is 0 Å². The van der Waals surface area contributed by atoms with E-state index in [4.69, 9.17) is 30.0 Å². The molecule has 0 aromatic carbocycles. The molecule has 4 unspecified atom stereocenters. The number of thiol groups is 1. The molecule has 0 saturated carbocycles. The largest absolute Gasteiger partial charge is 0.394 e. The number of halogens is 1. The molecule has 226 valence electrons. The van der Waals surface area contributed by atoms with Crippen molar-refractivity contribution >= 4 is 53.1 Å². The van der Waals surface area contributed by atoms with Gasteiger partial charge in [0.15, 0.2) is 41.3 Å². The van der Waals surface area contributed by atoms with Crippen LogP contribution in [0.5, 0.6) is 0 Å². The normalized spacial score (nSPS) is 31.3. The molecule has 19 nitrogen and oxygen atoms in total. The third-order valence-electron chi connectivity index (χ3n) is 6.83. The second-order valence-corrected chi connectivity index (χ2v) is 12.3. The van der Waals surface area contributed by atoms with Crippen molar-refractivity contribution in [3.8, 4) is 0 Å². The zero-order chi connectivity index (χ0) is 29.9. The molecule has 8 N–H and O–H groups in total. The lowest BCUT2D eigenvalue weighted by Gasteiger charge is -2.25. The van der Waals surface area contributed by atoms with Crippen molar-refractivity contribution in [1.29, 1.82) is 0 Å². The Balaban J connectivity index is 1.19. The number of nitrogen functional groups attached to an aromatic ring is 2. The molecule has 4 aromatic rings. The standard InChI is InChI=1S/C20H24FN10O9PS/c21-8-11(33)7(39-18(8)30-4-26-9-14(22)24-3-25-15(9)30)2-37-41(36,42)40-13-12(34)6(1-32)38-19(13)31-5-27-10-16(31)28-20(23)29-17(10)35/h3-8,11-13,18-19,32-34H,1-2H2,(H,36,42)(H2,22,24,25)(H3,23,28,29,35)/t6-,7-,8?,11?,12?,13?,18-,19-,41-/m1/s1. The Labute approximate surface area is 238 Å². The summed E-state index contributed by atoms with van der Waals surface area (Å²) in [5.74, 6) is -0.165. The molecule has 2 saturated heterocycles. The number of nitrogens with zero attached hydrogens (tertiary/aromatic N) is 7. The summed E-state index contributed by atoms with van der Waals surface area (Å²) in [4.78, 5) is 34.4. The number of H-pyrrole nitrogens is 1. The molecule has 0 amide bonds. The Morgan fingerprint density at radius 1 is 1.05 bits per heavy atom. The number of aliphatic hydroxyl groups excluding tert-OH is 3. The first-order valence-electron chi connectivity index (χ1n) is 12.2. The number of aromatic amines is 1. The minimum atomic E-state index is -4.40. The van der Waals surface area contributed by atoms with Crippen LogP contribution in [-0.2, 0) is 23.1 Å². The number of hydrogen-bond donors (Lipinski definition) is 7. The van der Waals surface area contributed by atoms with Gasteiger partial charge in [-0.1, -0.05) is 12.2 Å². The van der Waals surface area contributed by atoms with Crippen molar-refractivity contribution in [1.82, 2.24) is 39.0 Å². The summed E-state index contributed by atoms with van der Waals surface area (Å²) in [6, 6.07) is 0. The molecule has 0 radical (unpaired) electrons. The number of ether oxygens (including phenoxy) is 2. The van der Waals surface area contributed by atoms with E-state index in [9.17, 15) is 24.7 Å². The molecule has 2 fully saturated rings. The van der Waals surface area contributed by atoms with E-state index >= 15 is 4.39 Å². The first-order chi connectivity index (χ1) is 20.0. The number of aromatic nitrogens is 8. The molecule has 9 atom stereocenters. The van der Waals surface area contributed by atoms with Gasteiger partial charge in [0.2, 0.25) is 5.95 Å². The summed E-state index contributed by atoms with van der Waals surface area (Å²) in [6.07, 6.45) is -8.45. The van der Waals surface area contributed by atoms with Crippen LogP contribution in [0.4, 0.5) is 16.2 Å². The maximum absolute atomic E-state index is 15.1. The summed E-state index contributed by atoms with van der Waals surface area (Å²) in [5, 5.41) is 30.9. The van der Waals surface area contributed by atoms with Gasteiger partial charge in [0, 0.05) is 0 Å². The molecule has 6 rings (SSSR count). The fraction of sp³-hybridized carbons (Fsp3) is 0.500. The third-order valence-corrected chi connectivity index (χ3v) is 8.44. The topological polar surface area (TPSA) is 274 Å². The van der Waals surface area contributed by atoms with Gasteiger partial charge in [0.05, 0.1) is 25.9 Å². The quantitative estimate of drug-likeness (QED) is 0.0854. The number of hydrogen-bond acceptors (Lipinski definition) is 16. The van der Waals surface area contributed by atoms with Crippen molar-refractivity contribution in [2.24, 2.45) is 0 Å². The number of imidazole rings is 2. The Kier molecular flexibility index (Phi) is 7.40. The SMILES string of the molecule is Nc1nc2c(ncn2[C@@H]2O[C@H](CO)C(O)C2O[P@](=O)(S)OC[C@H]2O[C@@H](n3cnc4c(N)ncnc43)C(F)C2O)c(=O)[nH]1. The molecule has 4 aromatic heterocycles.